The number of carbonyl (C=O) groups is 1. The quantitative estimate of drug-likeness (QED) is 0.431. The first kappa shape index (κ1) is 18.2. The van der Waals surface area contributed by atoms with Gasteiger partial charge in [0.15, 0.2) is 0 Å². The molecule has 0 saturated carbocycles. The van der Waals surface area contributed by atoms with E-state index in [0.717, 1.165) is 0 Å². The smallest absolute Gasteiger partial charge is 0.304 e. The number of hydrogen-bond acceptors (Lipinski definition) is 3. The van der Waals surface area contributed by atoms with Crippen LogP contribution in [0, 0.1) is 0 Å². The molecule has 0 saturated heterocycles. The number of carboxylic acid groups (broad SMARTS) is 1. The van der Waals surface area contributed by atoms with Gasteiger partial charge in [0.1, 0.15) is 0 Å². The van der Waals surface area contributed by atoms with Crippen LogP contribution in [0.5, 0.6) is 0 Å². The Balaban J connectivity index is -0.000000320. The third-order valence-corrected chi connectivity index (χ3v) is 1.29. The Morgan fingerprint density at radius 3 is 1.73 bits per heavy atom. The molecule has 0 aliphatic rings. The van der Waals surface area contributed by atoms with Gasteiger partial charge < -0.3 is 5.11 Å². The van der Waals surface area contributed by atoms with Crippen LogP contribution >= 0.6 is 0 Å². The maximum atomic E-state index is 9.83. The summed E-state index contributed by atoms with van der Waals surface area (Å²) in [5.41, 5.74) is 0. The number of aliphatic carboxylic acids is 1. The van der Waals surface area contributed by atoms with E-state index in [1.54, 1.807) is 0 Å². The second-order valence-corrected chi connectivity index (χ2v) is 3.00. The fraction of sp³-hybridized carbons (Fsp3) is 0.667. The molecule has 0 unspecified atom stereocenters. The summed E-state index contributed by atoms with van der Waals surface area (Å²) in [5, 5.41) is 7.90. The Morgan fingerprint density at radius 1 is 1.27 bits per heavy atom. The van der Waals surface area contributed by atoms with Crippen molar-refractivity contribution in [2.75, 3.05) is 5.75 Å². The van der Waals surface area contributed by atoms with Crippen molar-refractivity contribution >= 4 is 75.2 Å². The van der Waals surface area contributed by atoms with Crippen molar-refractivity contribution in [2.45, 2.75) is 6.42 Å². The van der Waals surface area contributed by atoms with Crippen LogP contribution in [0.3, 0.4) is 0 Å². The molecule has 0 aromatic carbocycles. The van der Waals surface area contributed by atoms with Gasteiger partial charge in [-0.25, -0.2) is 0 Å². The average molecular weight is 200 g/mol. The van der Waals surface area contributed by atoms with Gasteiger partial charge in [-0.3, -0.25) is 9.35 Å². The van der Waals surface area contributed by atoms with E-state index >= 15 is 0 Å². The molecule has 5 nitrogen and oxygen atoms in total. The molecule has 2 radical (unpaired) electrons. The molecule has 0 heterocycles. The van der Waals surface area contributed by atoms with Crippen LogP contribution in [0.4, 0.5) is 0 Å². The van der Waals surface area contributed by atoms with Gasteiger partial charge in [-0.05, 0) is 0 Å². The van der Waals surface area contributed by atoms with Crippen LogP contribution in [0.25, 0.3) is 0 Å². The molecule has 0 amide bonds. The second kappa shape index (κ2) is 8.00. The summed E-state index contributed by atoms with van der Waals surface area (Å²) in [6.07, 6.45) is -0.557. The Hall–Kier alpha value is 1.38. The average Bonchev–Trinajstić information content (AvgIpc) is 1.59. The van der Waals surface area contributed by atoms with Crippen molar-refractivity contribution in [2.24, 2.45) is 0 Å². The van der Waals surface area contributed by atoms with E-state index in [-0.39, 0.29) is 59.1 Å². The van der Waals surface area contributed by atoms with E-state index in [4.69, 9.17) is 9.66 Å². The number of rotatable bonds is 3. The summed E-state index contributed by atoms with van der Waals surface area (Å²) in [6, 6.07) is 0. The van der Waals surface area contributed by atoms with Gasteiger partial charge in [-0.2, -0.15) is 8.42 Å². The van der Waals surface area contributed by atoms with E-state index < -0.39 is 28.3 Å². The largest absolute Gasteiger partial charge is 0.481 e. The van der Waals surface area contributed by atoms with Crippen LogP contribution in [-0.2, 0) is 14.9 Å². The van der Waals surface area contributed by atoms with Gasteiger partial charge in [0.2, 0.25) is 0 Å². The summed E-state index contributed by atoms with van der Waals surface area (Å²) < 4.78 is 27.6. The molecular formula is C3H6Na2O5S. The van der Waals surface area contributed by atoms with Gasteiger partial charge in [0.25, 0.3) is 10.1 Å². The third-order valence-electron chi connectivity index (χ3n) is 0.574. The zero-order valence-corrected chi connectivity index (χ0v) is 11.3. The molecule has 0 aromatic rings. The van der Waals surface area contributed by atoms with E-state index in [0.29, 0.717) is 0 Å². The van der Waals surface area contributed by atoms with Crippen LogP contribution in [0.2, 0.25) is 0 Å². The van der Waals surface area contributed by atoms with Crippen LogP contribution in [0.15, 0.2) is 0 Å². The minimum atomic E-state index is -4.10. The summed E-state index contributed by atoms with van der Waals surface area (Å²) >= 11 is 0. The van der Waals surface area contributed by atoms with Gasteiger partial charge in [0.05, 0.1) is 12.2 Å². The molecule has 0 rings (SSSR count). The SMILES string of the molecule is O=C(O)CCS(=O)(=O)O.[Na].[Na]. The Bertz CT molecular complexity index is 198. The zero-order chi connectivity index (χ0) is 7.49. The molecule has 0 atom stereocenters. The molecule has 56 valence electrons. The first-order chi connectivity index (χ1) is 3.92. The minimum absolute atomic E-state index is 0. The monoisotopic (exact) mass is 200 g/mol. The van der Waals surface area contributed by atoms with Gasteiger partial charge in [-0.1, -0.05) is 0 Å². The van der Waals surface area contributed by atoms with E-state index in [1.807, 2.05) is 0 Å². The van der Waals surface area contributed by atoms with Gasteiger partial charge in [-0.15, -0.1) is 0 Å². The van der Waals surface area contributed by atoms with Crippen molar-refractivity contribution in [3.63, 3.8) is 0 Å². The molecule has 0 fully saturated rings. The Labute approximate surface area is 109 Å². The summed E-state index contributed by atoms with van der Waals surface area (Å²) in [7, 11) is -4.10. The molecule has 8 heteroatoms. The second-order valence-electron chi connectivity index (χ2n) is 1.43. The molecular weight excluding hydrogens is 194 g/mol. The topological polar surface area (TPSA) is 91.7 Å². The first-order valence-corrected chi connectivity index (χ1v) is 3.70. The van der Waals surface area contributed by atoms with Gasteiger partial charge >= 0.3 is 5.97 Å². The van der Waals surface area contributed by atoms with Crippen molar-refractivity contribution in [1.82, 2.24) is 0 Å². The number of hydrogen-bond donors (Lipinski definition) is 2. The molecule has 2 N–H and O–H groups in total. The molecule has 0 bridgehead atoms. The Kier molecular flexibility index (Phi) is 13.3. The fourth-order valence-electron chi connectivity index (χ4n) is 0.216. The molecule has 0 aliphatic carbocycles. The predicted molar refractivity (Wildman–Crippen MR) is 40.2 cm³/mol. The molecule has 11 heavy (non-hydrogen) atoms. The van der Waals surface area contributed by atoms with Crippen LogP contribution in [-0.4, -0.2) is 88.9 Å². The van der Waals surface area contributed by atoms with Gasteiger partial charge in [0, 0.05) is 59.1 Å². The standard InChI is InChI=1S/C3H6O5S.2Na/c4-3(5)1-2-9(6,7)8;;/h1-2H2,(H,4,5)(H,6,7,8);;. The summed E-state index contributed by atoms with van der Waals surface area (Å²) in [4.78, 5) is 9.67. The van der Waals surface area contributed by atoms with E-state index in [9.17, 15) is 13.2 Å². The molecule has 0 aromatic heterocycles. The van der Waals surface area contributed by atoms with Crippen LogP contribution in [0.1, 0.15) is 6.42 Å². The van der Waals surface area contributed by atoms with E-state index in [2.05, 4.69) is 0 Å². The fourth-order valence-corrected chi connectivity index (χ4v) is 0.649. The van der Waals surface area contributed by atoms with E-state index in [1.165, 1.54) is 0 Å². The minimum Gasteiger partial charge on any atom is -0.481 e. The molecule has 0 spiro atoms. The van der Waals surface area contributed by atoms with Crippen molar-refractivity contribution in [3.05, 3.63) is 0 Å². The third kappa shape index (κ3) is 18.4. The van der Waals surface area contributed by atoms with Crippen molar-refractivity contribution in [1.29, 1.82) is 0 Å². The van der Waals surface area contributed by atoms with Crippen LogP contribution < -0.4 is 0 Å². The Morgan fingerprint density at radius 2 is 1.64 bits per heavy atom. The zero-order valence-electron chi connectivity index (χ0n) is 6.44. The summed E-state index contributed by atoms with van der Waals surface area (Å²) in [6.45, 7) is 0. The molecule has 0 aliphatic heterocycles. The number of carboxylic acids is 1. The predicted octanol–water partition coefficient (Wildman–Crippen LogP) is -1.41. The maximum Gasteiger partial charge on any atom is 0.304 e. The normalized spacial score (nSPS) is 9.18. The van der Waals surface area contributed by atoms with Crippen molar-refractivity contribution in [3.8, 4) is 0 Å². The maximum absolute atomic E-state index is 9.83. The van der Waals surface area contributed by atoms with Crippen molar-refractivity contribution < 1.29 is 22.9 Å². The first-order valence-electron chi connectivity index (χ1n) is 2.09. The summed E-state index contributed by atoms with van der Waals surface area (Å²) in [5.74, 6) is -1.96.